The molecule has 0 aliphatic rings. The first-order valence-electron chi connectivity index (χ1n) is 7.67. The SMILES string of the molecule is C=C.CCCC(CC)(c1ccc(C(F)(F)F)cc1)C(O)CC. The molecule has 1 N–H and O–H groups in total. The van der Waals surface area contributed by atoms with Crippen molar-refractivity contribution in [1.82, 2.24) is 0 Å². The number of aliphatic hydroxyl groups is 1. The van der Waals surface area contributed by atoms with E-state index < -0.39 is 23.3 Å². The first kappa shape index (κ1) is 20.7. The maximum absolute atomic E-state index is 12.6. The minimum Gasteiger partial charge on any atom is -0.392 e. The predicted octanol–water partition coefficient (Wildman–Crippen LogP) is 5.73. The van der Waals surface area contributed by atoms with E-state index in [2.05, 4.69) is 13.2 Å². The van der Waals surface area contributed by atoms with Gasteiger partial charge in [-0.15, -0.1) is 13.2 Å². The molecule has 0 radical (unpaired) electrons. The van der Waals surface area contributed by atoms with Gasteiger partial charge >= 0.3 is 6.18 Å². The van der Waals surface area contributed by atoms with Gasteiger partial charge < -0.3 is 5.11 Å². The van der Waals surface area contributed by atoms with Gasteiger partial charge in [0.2, 0.25) is 0 Å². The molecule has 0 heterocycles. The first-order chi connectivity index (χ1) is 10.3. The van der Waals surface area contributed by atoms with E-state index in [1.807, 2.05) is 20.8 Å². The predicted molar refractivity (Wildman–Crippen MR) is 85.9 cm³/mol. The maximum Gasteiger partial charge on any atom is 0.416 e. The second kappa shape index (κ2) is 8.99. The van der Waals surface area contributed by atoms with Crippen LogP contribution in [0.25, 0.3) is 0 Å². The van der Waals surface area contributed by atoms with Crippen LogP contribution < -0.4 is 0 Å². The fourth-order valence-corrected chi connectivity index (χ4v) is 2.95. The Hall–Kier alpha value is -1.29. The van der Waals surface area contributed by atoms with Gasteiger partial charge in [-0.2, -0.15) is 13.2 Å². The molecular formula is C18H27F3O. The third kappa shape index (κ3) is 4.60. The molecule has 0 aliphatic heterocycles. The zero-order valence-corrected chi connectivity index (χ0v) is 13.7. The van der Waals surface area contributed by atoms with Crippen molar-refractivity contribution in [3.05, 3.63) is 48.6 Å². The largest absolute Gasteiger partial charge is 0.416 e. The minimum atomic E-state index is -4.32. The van der Waals surface area contributed by atoms with Crippen LogP contribution in [0.4, 0.5) is 13.2 Å². The first-order valence-corrected chi connectivity index (χ1v) is 7.67. The molecule has 1 rings (SSSR count). The molecule has 1 aromatic carbocycles. The van der Waals surface area contributed by atoms with Crippen LogP contribution in [-0.4, -0.2) is 11.2 Å². The number of hydrogen-bond acceptors (Lipinski definition) is 1. The van der Waals surface area contributed by atoms with Gasteiger partial charge in [-0.05, 0) is 37.0 Å². The van der Waals surface area contributed by atoms with E-state index in [1.54, 1.807) is 0 Å². The Kier molecular flexibility index (Phi) is 8.46. The lowest BCUT2D eigenvalue weighted by atomic mass is 9.69. The Bertz CT molecular complexity index is 425. The number of alkyl halides is 3. The van der Waals surface area contributed by atoms with Gasteiger partial charge in [0.05, 0.1) is 11.7 Å². The summed E-state index contributed by atoms with van der Waals surface area (Å²) in [4.78, 5) is 0. The Morgan fingerprint density at radius 2 is 1.45 bits per heavy atom. The summed E-state index contributed by atoms with van der Waals surface area (Å²) >= 11 is 0. The Labute approximate surface area is 131 Å². The van der Waals surface area contributed by atoms with Gasteiger partial charge in [0, 0.05) is 5.41 Å². The average molecular weight is 316 g/mol. The van der Waals surface area contributed by atoms with Crippen molar-refractivity contribution in [2.24, 2.45) is 0 Å². The van der Waals surface area contributed by atoms with E-state index in [4.69, 9.17) is 0 Å². The van der Waals surface area contributed by atoms with E-state index in [1.165, 1.54) is 12.1 Å². The van der Waals surface area contributed by atoms with Crippen molar-refractivity contribution in [2.75, 3.05) is 0 Å². The van der Waals surface area contributed by atoms with Crippen LogP contribution >= 0.6 is 0 Å². The summed E-state index contributed by atoms with van der Waals surface area (Å²) in [6, 6.07) is 5.25. The summed E-state index contributed by atoms with van der Waals surface area (Å²) in [5, 5.41) is 10.4. The van der Waals surface area contributed by atoms with E-state index in [0.29, 0.717) is 12.8 Å². The van der Waals surface area contributed by atoms with E-state index in [9.17, 15) is 18.3 Å². The third-order valence-corrected chi connectivity index (χ3v) is 4.14. The molecular weight excluding hydrogens is 289 g/mol. The van der Waals surface area contributed by atoms with Crippen LogP contribution in [0.2, 0.25) is 0 Å². The Morgan fingerprint density at radius 1 is 1.00 bits per heavy atom. The summed E-state index contributed by atoms with van der Waals surface area (Å²) in [6.45, 7) is 11.9. The van der Waals surface area contributed by atoms with Gasteiger partial charge in [-0.25, -0.2) is 0 Å². The Balaban J connectivity index is 0.00000211. The summed E-state index contributed by atoms with van der Waals surface area (Å²) in [5.74, 6) is 0. The fourth-order valence-electron chi connectivity index (χ4n) is 2.95. The van der Waals surface area contributed by atoms with E-state index in [-0.39, 0.29) is 0 Å². The normalized spacial score (nSPS) is 15.4. The van der Waals surface area contributed by atoms with Gasteiger partial charge in [0.1, 0.15) is 0 Å². The molecule has 0 amide bonds. The third-order valence-electron chi connectivity index (χ3n) is 4.14. The second-order valence-corrected chi connectivity index (χ2v) is 5.26. The van der Waals surface area contributed by atoms with Gasteiger partial charge in [-0.3, -0.25) is 0 Å². The lowest BCUT2D eigenvalue weighted by Crippen LogP contribution is -2.38. The molecule has 126 valence electrons. The average Bonchev–Trinajstić information content (AvgIpc) is 2.53. The van der Waals surface area contributed by atoms with Crippen molar-refractivity contribution < 1.29 is 18.3 Å². The molecule has 0 aromatic heterocycles. The molecule has 0 fully saturated rings. The number of hydrogen-bond donors (Lipinski definition) is 1. The Morgan fingerprint density at radius 3 is 1.77 bits per heavy atom. The van der Waals surface area contributed by atoms with Crippen LogP contribution in [0.1, 0.15) is 57.6 Å². The number of aliphatic hydroxyl groups excluding tert-OH is 1. The number of rotatable bonds is 6. The van der Waals surface area contributed by atoms with Crippen molar-refractivity contribution in [2.45, 2.75) is 64.1 Å². The van der Waals surface area contributed by atoms with Gasteiger partial charge in [0.15, 0.2) is 0 Å². The summed E-state index contributed by atoms with van der Waals surface area (Å²) in [7, 11) is 0. The second-order valence-electron chi connectivity index (χ2n) is 5.26. The summed E-state index contributed by atoms with van der Waals surface area (Å²) < 4.78 is 37.9. The number of benzene rings is 1. The minimum absolute atomic E-state index is 0.451. The maximum atomic E-state index is 12.6. The van der Waals surface area contributed by atoms with E-state index in [0.717, 1.165) is 30.5 Å². The highest BCUT2D eigenvalue weighted by molar-refractivity contribution is 5.31. The smallest absolute Gasteiger partial charge is 0.392 e. The molecule has 0 spiro atoms. The monoisotopic (exact) mass is 316 g/mol. The molecule has 0 saturated carbocycles. The molecule has 0 bridgehead atoms. The van der Waals surface area contributed by atoms with Gasteiger partial charge in [0.25, 0.3) is 0 Å². The lowest BCUT2D eigenvalue weighted by molar-refractivity contribution is -0.137. The summed E-state index contributed by atoms with van der Waals surface area (Å²) in [6.07, 6.45) is -1.91. The van der Waals surface area contributed by atoms with Crippen molar-refractivity contribution >= 4 is 0 Å². The van der Waals surface area contributed by atoms with Crippen LogP contribution in [0.3, 0.4) is 0 Å². The zero-order chi connectivity index (χ0) is 17.4. The molecule has 2 unspecified atom stereocenters. The van der Waals surface area contributed by atoms with Crippen LogP contribution in [0, 0.1) is 0 Å². The molecule has 1 nitrogen and oxygen atoms in total. The standard InChI is InChI=1S/C16H23F3O.C2H4/c1-4-11-15(6-3,14(20)5-2)12-7-9-13(10-8-12)16(17,18)19;1-2/h7-10,14,20H,4-6,11H2,1-3H3;1-2H2. The lowest BCUT2D eigenvalue weighted by Gasteiger charge is -2.38. The molecule has 0 saturated heterocycles. The topological polar surface area (TPSA) is 20.2 Å². The van der Waals surface area contributed by atoms with E-state index >= 15 is 0 Å². The van der Waals surface area contributed by atoms with Crippen LogP contribution in [0.15, 0.2) is 37.4 Å². The van der Waals surface area contributed by atoms with Crippen LogP contribution in [0.5, 0.6) is 0 Å². The quantitative estimate of drug-likeness (QED) is 0.665. The molecule has 0 aliphatic carbocycles. The zero-order valence-electron chi connectivity index (χ0n) is 13.7. The van der Waals surface area contributed by atoms with Gasteiger partial charge in [-0.1, -0.05) is 39.3 Å². The number of halogens is 3. The highest BCUT2D eigenvalue weighted by Gasteiger charge is 2.37. The highest BCUT2D eigenvalue weighted by Crippen LogP contribution is 2.39. The van der Waals surface area contributed by atoms with Crippen molar-refractivity contribution in [1.29, 1.82) is 0 Å². The molecule has 4 heteroatoms. The van der Waals surface area contributed by atoms with Crippen molar-refractivity contribution in [3.63, 3.8) is 0 Å². The van der Waals surface area contributed by atoms with Crippen LogP contribution in [-0.2, 0) is 11.6 Å². The molecule has 22 heavy (non-hydrogen) atoms. The van der Waals surface area contributed by atoms with Crippen molar-refractivity contribution in [3.8, 4) is 0 Å². The summed E-state index contributed by atoms with van der Waals surface area (Å²) in [5.41, 5.74) is -0.300. The molecule has 2 atom stereocenters. The highest BCUT2D eigenvalue weighted by atomic mass is 19.4. The fraction of sp³-hybridized carbons (Fsp3) is 0.556. The molecule has 1 aromatic rings.